The van der Waals surface area contributed by atoms with Gasteiger partial charge in [0.15, 0.2) is 4.34 Å². The fraction of sp³-hybridized carbons (Fsp3) is 0.353. The molecule has 1 atom stereocenters. The number of hydrogen-bond acceptors (Lipinski definition) is 8. The Bertz CT molecular complexity index is 874. The summed E-state index contributed by atoms with van der Waals surface area (Å²) in [5.74, 6) is -1.71. The molecular weight excluding hydrogens is 407 g/mol. The highest BCUT2D eigenvalue weighted by Crippen LogP contribution is 2.28. The lowest BCUT2D eigenvalue weighted by atomic mass is 10.1. The molecule has 0 unspecified atom stereocenters. The number of ether oxygens (including phenoxy) is 1. The molecule has 8 nitrogen and oxygen atoms in total. The van der Waals surface area contributed by atoms with Crippen molar-refractivity contribution in [1.29, 1.82) is 0 Å². The minimum absolute atomic E-state index is 0.0620. The van der Waals surface area contributed by atoms with Crippen LogP contribution in [0.25, 0.3) is 0 Å². The van der Waals surface area contributed by atoms with E-state index in [0.29, 0.717) is 21.8 Å². The molecule has 28 heavy (non-hydrogen) atoms. The number of rotatable bonds is 7. The number of thioether (sulfide) groups is 1. The molecule has 3 rings (SSSR count). The average molecular weight is 424 g/mol. The first-order valence-electron chi connectivity index (χ1n) is 8.45. The molecule has 2 heterocycles. The SMILES string of the molecule is CCOC(=O)CSc1nnc(NC(=O)[C@H]2CC(=O)N(c3ccc(F)cc3)C2)s1. The predicted molar refractivity (Wildman–Crippen MR) is 103 cm³/mol. The van der Waals surface area contributed by atoms with Crippen LogP contribution in [0.2, 0.25) is 0 Å². The molecule has 1 aromatic heterocycles. The molecule has 11 heteroatoms. The Morgan fingerprint density at radius 1 is 1.36 bits per heavy atom. The van der Waals surface area contributed by atoms with Gasteiger partial charge in [0.2, 0.25) is 16.9 Å². The topological polar surface area (TPSA) is 101 Å². The second-order valence-corrected chi connectivity index (χ2v) is 8.04. The van der Waals surface area contributed by atoms with Crippen molar-refractivity contribution in [2.45, 2.75) is 17.7 Å². The van der Waals surface area contributed by atoms with Crippen LogP contribution in [0.3, 0.4) is 0 Å². The van der Waals surface area contributed by atoms with E-state index in [-0.39, 0.29) is 36.5 Å². The molecule has 1 fully saturated rings. The molecule has 2 amide bonds. The van der Waals surface area contributed by atoms with Crippen LogP contribution in [-0.2, 0) is 19.1 Å². The van der Waals surface area contributed by atoms with Gasteiger partial charge >= 0.3 is 5.97 Å². The molecule has 1 aliphatic heterocycles. The van der Waals surface area contributed by atoms with Gasteiger partial charge in [0.05, 0.1) is 18.3 Å². The Labute approximate surface area is 168 Å². The van der Waals surface area contributed by atoms with Crippen molar-refractivity contribution in [2.75, 3.05) is 29.1 Å². The molecule has 1 aliphatic rings. The summed E-state index contributed by atoms with van der Waals surface area (Å²) in [6.45, 7) is 2.25. The number of hydrogen-bond donors (Lipinski definition) is 1. The second-order valence-electron chi connectivity index (χ2n) is 5.84. The van der Waals surface area contributed by atoms with Crippen LogP contribution in [0.5, 0.6) is 0 Å². The van der Waals surface area contributed by atoms with Crippen LogP contribution in [-0.4, -0.2) is 46.9 Å². The van der Waals surface area contributed by atoms with Gasteiger partial charge in [-0.3, -0.25) is 14.4 Å². The van der Waals surface area contributed by atoms with Crippen molar-refractivity contribution in [2.24, 2.45) is 5.92 Å². The monoisotopic (exact) mass is 424 g/mol. The van der Waals surface area contributed by atoms with Crippen LogP contribution in [0.15, 0.2) is 28.6 Å². The average Bonchev–Trinajstić information content (AvgIpc) is 3.27. The van der Waals surface area contributed by atoms with E-state index in [2.05, 4.69) is 15.5 Å². The zero-order valence-electron chi connectivity index (χ0n) is 14.9. The first-order valence-corrected chi connectivity index (χ1v) is 10.2. The number of benzene rings is 1. The maximum Gasteiger partial charge on any atom is 0.316 e. The lowest BCUT2D eigenvalue weighted by Crippen LogP contribution is -2.28. The van der Waals surface area contributed by atoms with Crippen LogP contribution >= 0.6 is 23.1 Å². The Morgan fingerprint density at radius 3 is 2.82 bits per heavy atom. The van der Waals surface area contributed by atoms with Gasteiger partial charge in [0.1, 0.15) is 5.82 Å². The number of amides is 2. The fourth-order valence-electron chi connectivity index (χ4n) is 2.60. The summed E-state index contributed by atoms with van der Waals surface area (Å²) in [4.78, 5) is 37.5. The number of halogens is 1. The van der Waals surface area contributed by atoms with E-state index >= 15 is 0 Å². The quantitative estimate of drug-likeness (QED) is 0.413. The molecule has 0 aliphatic carbocycles. The molecule has 1 aromatic carbocycles. The maximum atomic E-state index is 13.1. The van der Waals surface area contributed by atoms with Crippen molar-refractivity contribution in [1.82, 2.24) is 10.2 Å². The lowest BCUT2D eigenvalue weighted by molar-refractivity contribution is -0.139. The normalized spacial score (nSPS) is 16.3. The summed E-state index contributed by atoms with van der Waals surface area (Å²) >= 11 is 2.31. The van der Waals surface area contributed by atoms with Gasteiger partial charge in [0, 0.05) is 18.7 Å². The third-order valence-electron chi connectivity index (χ3n) is 3.89. The molecule has 0 spiro atoms. The van der Waals surface area contributed by atoms with E-state index in [1.165, 1.54) is 40.9 Å². The minimum atomic E-state index is -0.544. The zero-order valence-corrected chi connectivity index (χ0v) is 16.5. The fourth-order valence-corrected chi connectivity index (χ4v) is 4.16. The van der Waals surface area contributed by atoms with Crippen LogP contribution < -0.4 is 10.2 Å². The molecule has 0 bridgehead atoms. The largest absolute Gasteiger partial charge is 0.465 e. The van der Waals surface area contributed by atoms with Crippen LogP contribution in [0, 0.1) is 11.7 Å². The van der Waals surface area contributed by atoms with Gasteiger partial charge in [-0.2, -0.15) is 0 Å². The van der Waals surface area contributed by atoms with Gasteiger partial charge in [-0.05, 0) is 31.2 Å². The van der Waals surface area contributed by atoms with Crippen LogP contribution in [0.1, 0.15) is 13.3 Å². The second kappa shape index (κ2) is 9.11. The molecular formula is C17H17FN4O4S2. The predicted octanol–water partition coefficient (Wildman–Crippen LogP) is 2.32. The number of carbonyl (C=O) groups excluding carboxylic acids is 3. The van der Waals surface area contributed by atoms with Gasteiger partial charge in [-0.25, -0.2) is 4.39 Å². The van der Waals surface area contributed by atoms with Gasteiger partial charge in [-0.1, -0.05) is 23.1 Å². The molecule has 0 radical (unpaired) electrons. The summed E-state index contributed by atoms with van der Waals surface area (Å²) < 4.78 is 18.4. The third kappa shape index (κ3) is 5.04. The Kier molecular flexibility index (Phi) is 6.57. The minimum Gasteiger partial charge on any atom is -0.465 e. The standard InChI is InChI=1S/C17H17FN4O4S2/c1-2-26-14(24)9-27-17-21-20-16(28-17)19-15(25)10-7-13(23)22(8-10)12-5-3-11(18)4-6-12/h3-6,10H,2,7-9H2,1H3,(H,19,20,25)/t10-/m0/s1. The van der Waals surface area contributed by atoms with E-state index in [1.54, 1.807) is 6.92 Å². The molecule has 148 valence electrons. The third-order valence-corrected chi connectivity index (χ3v) is 5.84. The molecule has 1 N–H and O–H groups in total. The first kappa shape index (κ1) is 20.2. The first-order chi connectivity index (χ1) is 13.5. The van der Waals surface area contributed by atoms with Crippen molar-refractivity contribution in [3.05, 3.63) is 30.1 Å². The summed E-state index contributed by atoms with van der Waals surface area (Å²) in [6, 6.07) is 5.55. The highest BCUT2D eigenvalue weighted by atomic mass is 32.2. The number of carbonyl (C=O) groups is 3. The van der Waals surface area contributed by atoms with E-state index in [9.17, 15) is 18.8 Å². The van der Waals surface area contributed by atoms with E-state index < -0.39 is 11.7 Å². The van der Waals surface area contributed by atoms with E-state index in [4.69, 9.17) is 4.74 Å². The Balaban J connectivity index is 1.54. The van der Waals surface area contributed by atoms with Crippen molar-refractivity contribution < 1.29 is 23.5 Å². The Morgan fingerprint density at radius 2 is 2.11 bits per heavy atom. The number of anilines is 2. The van der Waals surface area contributed by atoms with Gasteiger partial charge in [-0.15, -0.1) is 10.2 Å². The van der Waals surface area contributed by atoms with Crippen molar-refractivity contribution in [3.63, 3.8) is 0 Å². The summed E-state index contributed by atoms with van der Waals surface area (Å²) in [7, 11) is 0. The Hall–Kier alpha value is -2.53. The lowest BCUT2D eigenvalue weighted by Gasteiger charge is -2.16. The number of nitrogens with zero attached hydrogens (tertiary/aromatic N) is 3. The molecule has 2 aromatic rings. The van der Waals surface area contributed by atoms with Crippen molar-refractivity contribution in [3.8, 4) is 0 Å². The molecule has 0 saturated carbocycles. The highest BCUT2D eigenvalue weighted by Gasteiger charge is 2.35. The number of nitrogens with one attached hydrogen (secondary N) is 1. The summed E-state index contributed by atoms with van der Waals surface area (Å²) in [5, 5.41) is 10.7. The van der Waals surface area contributed by atoms with Crippen LogP contribution in [0.4, 0.5) is 15.2 Å². The molecule has 1 saturated heterocycles. The number of esters is 1. The summed E-state index contributed by atoms with van der Waals surface area (Å²) in [6.07, 6.45) is 0.0620. The highest BCUT2D eigenvalue weighted by molar-refractivity contribution is 8.01. The van der Waals surface area contributed by atoms with E-state index in [0.717, 1.165) is 11.3 Å². The van der Waals surface area contributed by atoms with Crippen molar-refractivity contribution >= 4 is 51.7 Å². The van der Waals surface area contributed by atoms with E-state index in [1.807, 2.05) is 0 Å². The number of aromatic nitrogens is 2. The smallest absolute Gasteiger partial charge is 0.316 e. The summed E-state index contributed by atoms with van der Waals surface area (Å²) in [5.41, 5.74) is 0.551. The van der Waals surface area contributed by atoms with Gasteiger partial charge in [0.25, 0.3) is 0 Å². The zero-order chi connectivity index (χ0) is 20.1. The van der Waals surface area contributed by atoms with Gasteiger partial charge < -0.3 is 15.0 Å². The maximum absolute atomic E-state index is 13.1.